The van der Waals surface area contributed by atoms with Crippen LogP contribution < -0.4 is 10.6 Å². The summed E-state index contributed by atoms with van der Waals surface area (Å²) in [6.45, 7) is 7.11. The highest BCUT2D eigenvalue weighted by Crippen LogP contribution is 2.37. The Bertz CT molecular complexity index is 676. The highest BCUT2D eigenvalue weighted by molar-refractivity contribution is 14.0. The number of fused-ring (bicyclic) bond motifs is 1. The predicted octanol–water partition coefficient (Wildman–Crippen LogP) is 3.95. The fourth-order valence-corrected chi connectivity index (χ4v) is 4.36. The number of H-pyrrole nitrogens is 1. The van der Waals surface area contributed by atoms with Gasteiger partial charge in [-0.05, 0) is 51.0 Å². The molecule has 3 N–H and O–H groups in total. The van der Waals surface area contributed by atoms with Gasteiger partial charge in [-0.25, -0.2) is 4.98 Å². The molecule has 1 aliphatic rings. The number of guanidine groups is 1. The van der Waals surface area contributed by atoms with Crippen molar-refractivity contribution in [1.29, 1.82) is 0 Å². The average Bonchev–Trinajstić information content (AvgIpc) is 3.22. The van der Waals surface area contributed by atoms with Crippen LogP contribution in [0.15, 0.2) is 29.3 Å². The van der Waals surface area contributed by atoms with Gasteiger partial charge in [0.2, 0.25) is 0 Å². The van der Waals surface area contributed by atoms with Crippen molar-refractivity contribution in [3.05, 3.63) is 30.1 Å². The van der Waals surface area contributed by atoms with Crippen LogP contribution in [0.25, 0.3) is 11.0 Å². The van der Waals surface area contributed by atoms with Crippen LogP contribution in [0.1, 0.15) is 38.9 Å². The highest BCUT2D eigenvalue weighted by Gasteiger charge is 2.29. The number of aryl methyl sites for hydroxylation is 1. The van der Waals surface area contributed by atoms with E-state index in [4.69, 9.17) is 4.99 Å². The number of hydrogen-bond acceptors (Lipinski definition) is 3. The van der Waals surface area contributed by atoms with Gasteiger partial charge in [0.15, 0.2) is 5.96 Å². The zero-order chi connectivity index (χ0) is 17.5. The minimum atomic E-state index is 0. The second-order valence-corrected chi connectivity index (χ2v) is 8.51. The van der Waals surface area contributed by atoms with Crippen LogP contribution in [0.3, 0.4) is 0 Å². The zero-order valence-electron chi connectivity index (χ0n) is 15.7. The Labute approximate surface area is 177 Å². The molecule has 5 nitrogen and oxygen atoms in total. The zero-order valence-corrected chi connectivity index (χ0v) is 18.8. The first-order valence-corrected chi connectivity index (χ1v) is 10.3. The summed E-state index contributed by atoms with van der Waals surface area (Å²) in [6, 6.07) is 8.18. The average molecular weight is 487 g/mol. The largest absolute Gasteiger partial charge is 0.357 e. The molecule has 0 spiro atoms. The van der Waals surface area contributed by atoms with Crippen LogP contribution in [-0.4, -0.2) is 46.1 Å². The van der Waals surface area contributed by atoms with Gasteiger partial charge in [0.05, 0.1) is 17.6 Å². The summed E-state index contributed by atoms with van der Waals surface area (Å²) in [7, 11) is 0. The van der Waals surface area contributed by atoms with Crippen molar-refractivity contribution >= 4 is 52.7 Å². The summed E-state index contributed by atoms with van der Waals surface area (Å²) >= 11 is 2.06. The number of aromatic nitrogens is 2. The number of nitrogens with one attached hydrogen (secondary N) is 3. The van der Waals surface area contributed by atoms with Gasteiger partial charge in [-0.1, -0.05) is 12.1 Å². The van der Waals surface area contributed by atoms with E-state index in [-0.39, 0.29) is 24.0 Å². The molecule has 1 fully saturated rings. The Balaban J connectivity index is 0.00000243. The molecule has 26 heavy (non-hydrogen) atoms. The first kappa shape index (κ1) is 21.3. The molecule has 1 atom stereocenters. The summed E-state index contributed by atoms with van der Waals surface area (Å²) in [5.41, 5.74) is 2.16. The summed E-state index contributed by atoms with van der Waals surface area (Å²) < 4.78 is 0.316. The van der Waals surface area contributed by atoms with Crippen LogP contribution in [0.4, 0.5) is 0 Å². The minimum absolute atomic E-state index is 0. The van der Waals surface area contributed by atoms with Crippen molar-refractivity contribution < 1.29 is 0 Å². The quantitative estimate of drug-likeness (QED) is 0.240. The van der Waals surface area contributed by atoms with E-state index in [1.165, 1.54) is 18.6 Å². The molecule has 1 aromatic carbocycles. The van der Waals surface area contributed by atoms with E-state index in [1.54, 1.807) is 0 Å². The second kappa shape index (κ2) is 10.4. The van der Waals surface area contributed by atoms with Crippen molar-refractivity contribution in [2.75, 3.05) is 25.4 Å². The van der Waals surface area contributed by atoms with E-state index in [2.05, 4.69) is 52.3 Å². The number of rotatable bonds is 7. The fraction of sp³-hybridized carbons (Fsp3) is 0.579. The molecule has 2 heterocycles. The number of hydrogen-bond donors (Lipinski definition) is 3. The van der Waals surface area contributed by atoms with Gasteiger partial charge in [0, 0.05) is 24.3 Å². The molecule has 1 aliphatic heterocycles. The number of para-hydroxylation sites is 2. The maximum absolute atomic E-state index is 4.80. The number of nitrogens with zero attached hydrogens (tertiary/aromatic N) is 2. The lowest BCUT2D eigenvalue weighted by molar-refractivity contribution is 0.613. The van der Waals surface area contributed by atoms with E-state index in [0.29, 0.717) is 4.75 Å². The van der Waals surface area contributed by atoms with Crippen LogP contribution in [0.5, 0.6) is 0 Å². The summed E-state index contributed by atoms with van der Waals surface area (Å²) in [5, 5.41) is 6.80. The van der Waals surface area contributed by atoms with Gasteiger partial charge >= 0.3 is 0 Å². The van der Waals surface area contributed by atoms with Crippen molar-refractivity contribution in [3.8, 4) is 0 Å². The number of aromatic amines is 1. The van der Waals surface area contributed by atoms with Gasteiger partial charge in [-0.3, -0.25) is 4.99 Å². The number of aliphatic imine (C=N–C) groups is 1. The number of thioether (sulfide) groups is 1. The lowest BCUT2D eigenvalue weighted by atomic mass is 10.1. The van der Waals surface area contributed by atoms with Crippen LogP contribution in [0.2, 0.25) is 0 Å². The third kappa shape index (κ3) is 6.04. The topological polar surface area (TPSA) is 65.1 Å². The Morgan fingerprint density at radius 1 is 1.35 bits per heavy atom. The molecule has 0 aliphatic carbocycles. The third-order valence-corrected chi connectivity index (χ3v) is 6.06. The molecule has 3 rings (SSSR count). The number of benzene rings is 1. The van der Waals surface area contributed by atoms with Crippen molar-refractivity contribution in [1.82, 2.24) is 20.6 Å². The Morgan fingerprint density at radius 2 is 2.19 bits per heavy atom. The summed E-state index contributed by atoms with van der Waals surface area (Å²) in [5.74, 6) is 3.26. The molecule has 1 unspecified atom stereocenters. The molecular weight excluding hydrogens is 457 g/mol. The molecule has 144 valence electrons. The molecular formula is C19H30IN5S. The SMILES string of the molecule is CCNC(=NCC1(C)CCCS1)NCCCc1nc2ccccc2[nH]1.I. The summed E-state index contributed by atoms with van der Waals surface area (Å²) in [6.07, 6.45) is 4.55. The molecule has 1 saturated heterocycles. The van der Waals surface area contributed by atoms with E-state index in [0.717, 1.165) is 55.3 Å². The van der Waals surface area contributed by atoms with Crippen molar-refractivity contribution in [2.24, 2.45) is 4.99 Å². The molecule has 0 saturated carbocycles. The number of halogens is 1. The monoisotopic (exact) mass is 487 g/mol. The van der Waals surface area contributed by atoms with E-state index >= 15 is 0 Å². The molecule has 7 heteroatoms. The maximum atomic E-state index is 4.80. The van der Waals surface area contributed by atoms with Gasteiger partial charge in [0.25, 0.3) is 0 Å². The molecule has 1 aromatic heterocycles. The van der Waals surface area contributed by atoms with Gasteiger partial charge in [0.1, 0.15) is 5.82 Å². The first-order chi connectivity index (χ1) is 12.2. The maximum Gasteiger partial charge on any atom is 0.191 e. The van der Waals surface area contributed by atoms with E-state index < -0.39 is 0 Å². The lowest BCUT2D eigenvalue weighted by Gasteiger charge is -2.21. The minimum Gasteiger partial charge on any atom is -0.357 e. The van der Waals surface area contributed by atoms with Gasteiger partial charge in [-0.15, -0.1) is 24.0 Å². The van der Waals surface area contributed by atoms with Crippen LogP contribution in [-0.2, 0) is 6.42 Å². The van der Waals surface area contributed by atoms with Crippen LogP contribution >= 0.6 is 35.7 Å². The predicted molar refractivity (Wildman–Crippen MR) is 124 cm³/mol. The normalized spacial score (nSPS) is 20.2. The highest BCUT2D eigenvalue weighted by atomic mass is 127. The smallest absolute Gasteiger partial charge is 0.191 e. The summed E-state index contributed by atoms with van der Waals surface area (Å²) in [4.78, 5) is 12.8. The Morgan fingerprint density at radius 3 is 2.92 bits per heavy atom. The third-order valence-electron chi connectivity index (χ3n) is 4.54. The van der Waals surface area contributed by atoms with E-state index in [1.807, 2.05) is 18.2 Å². The molecule has 0 bridgehead atoms. The van der Waals surface area contributed by atoms with Crippen LogP contribution in [0, 0.1) is 0 Å². The fourth-order valence-electron chi connectivity index (χ4n) is 3.14. The van der Waals surface area contributed by atoms with E-state index in [9.17, 15) is 0 Å². The van der Waals surface area contributed by atoms with Gasteiger partial charge < -0.3 is 15.6 Å². The second-order valence-electron chi connectivity index (χ2n) is 6.83. The standard InChI is InChI=1S/C19H29N5S.HI/c1-3-20-18(22-14-19(2)11-7-13-25-19)21-12-6-10-17-23-15-8-4-5-9-16(15)24-17;/h4-5,8-9H,3,6-7,10-14H2,1-2H3,(H,23,24)(H2,20,21,22);1H. The first-order valence-electron chi connectivity index (χ1n) is 9.28. The van der Waals surface area contributed by atoms with Crippen molar-refractivity contribution in [3.63, 3.8) is 0 Å². The number of imidazole rings is 1. The Kier molecular flexibility index (Phi) is 8.53. The van der Waals surface area contributed by atoms with Crippen molar-refractivity contribution in [2.45, 2.75) is 44.3 Å². The molecule has 0 radical (unpaired) electrons. The van der Waals surface area contributed by atoms with Gasteiger partial charge in [-0.2, -0.15) is 11.8 Å². The lowest BCUT2D eigenvalue weighted by Crippen LogP contribution is -2.39. The molecule has 0 amide bonds. The molecule has 2 aromatic rings. The Hall–Kier alpha value is -0.960.